The molecule has 0 aliphatic rings. The molecule has 0 saturated carbocycles. The van der Waals surface area contributed by atoms with Crippen molar-refractivity contribution in [1.29, 1.82) is 0 Å². The van der Waals surface area contributed by atoms with Gasteiger partial charge in [-0.15, -0.1) is 0 Å². The molecule has 0 bridgehead atoms. The van der Waals surface area contributed by atoms with Crippen molar-refractivity contribution in [3.63, 3.8) is 0 Å². The summed E-state index contributed by atoms with van der Waals surface area (Å²) in [6.45, 7) is 2.45. The molecule has 0 N–H and O–H groups in total. The quantitative estimate of drug-likeness (QED) is 0.795. The Hall–Kier alpha value is -1.13. The average Bonchev–Trinajstić information content (AvgIpc) is 2.36. The number of hydrogen-bond donors (Lipinski definition) is 0. The average molecular weight is 328 g/mol. The Labute approximate surface area is 119 Å². The van der Waals surface area contributed by atoms with Gasteiger partial charge in [-0.25, -0.2) is 9.97 Å². The number of halogens is 2. The predicted octanol–water partition coefficient (Wildman–Crippen LogP) is 4.03. The van der Waals surface area contributed by atoms with E-state index in [4.69, 9.17) is 16.3 Å². The van der Waals surface area contributed by atoms with Gasteiger partial charge in [0, 0.05) is 4.47 Å². The van der Waals surface area contributed by atoms with E-state index in [1.54, 1.807) is 0 Å². The second-order valence-corrected chi connectivity index (χ2v) is 4.99. The maximum absolute atomic E-state index is 6.00. The summed E-state index contributed by atoms with van der Waals surface area (Å²) in [5, 5.41) is 0.455. The van der Waals surface area contributed by atoms with Crippen LogP contribution < -0.4 is 4.74 Å². The minimum absolute atomic E-state index is 0.455. The first kappa shape index (κ1) is 13.3. The van der Waals surface area contributed by atoms with Gasteiger partial charge in [0.15, 0.2) is 0 Å². The van der Waals surface area contributed by atoms with Gasteiger partial charge in [-0.2, -0.15) is 0 Å². The number of rotatable bonds is 4. The van der Waals surface area contributed by atoms with Gasteiger partial charge >= 0.3 is 0 Å². The van der Waals surface area contributed by atoms with Crippen molar-refractivity contribution in [2.24, 2.45) is 0 Å². The van der Waals surface area contributed by atoms with E-state index in [0.717, 1.165) is 22.0 Å². The lowest BCUT2D eigenvalue weighted by Crippen LogP contribution is -2.02. The van der Waals surface area contributed by atoms with Gasteiger partial charge in [-0.05, 0) is 24.1 Å². The third-order valence-corrected chi connectivity index (χ3v) is 3.29. The Morgan fingerprint density at radius 3 is 2.89 bits per heavy atom. The molecule has 94 valence electrons. The van der Waals surface area contributed by atoms with E-state index in [1.807, 2.05) is 31.2 Å². The topological polar surface area (TPSA) is 35.0 Å². The lowest BCUT2D eigenvalue weighted by molar-refractivity contribution is 0.290. The van der Waals surface area contributed by atoms with Crippen LogP contribution in [0.5, 0.6) is 5.88 Å². The molecule has 0 aliphatic heterocycles. The van der Waals surface area contributed by atoms with Crippen LogP contribution in [0.2, 0.25) is 5.15 Å². The normalized spacial score (nSPS) is 10.4. The minimum atomic E-state index is 0.455. The van der Waals surface area contributed by atoms with E-state index in [0.29, 0.717) is 17.6 Å². The van der Waals surface area contributed by atoms with Gasteiger partial charge in [-0.3, -0.25) is 0 Å². The van der Waals surface area contributed by atoms with Gasteiger partial charge in [0.25, 0.3) is 0 Å². The van der Waals surface area contributed by atoms with Crippen LogP contribution in [0.1, 0.15) is 18.1 Å². The lowest BCUT2D eigenvalue weighted by atomic mass is 10.2. The van der Waals surface area contributed by atoms with Crippen LogP contribution in [-0.4, -0.2) is 9.97 Å². The van der Waals surface area contributed by atoms with E-state index >= 15 is 0 Å². The van der Waals surface area contributed by atoms with Gasteiger partial charge in [0.1, 0.15) is 18.1 Å². The maximum atomic E-state index is 6.00. The number of hydrogen-bond acceptors (Lipinski definition) is 3. The molecule has 1 heterocycles. The molecule has 0 spiro atoms. The first-order valence-electron chi connectivity index (χ1n) is 5.57. The van der Waals surface area contributed by atoms with E-state index < -0.39 is 0 Å². The molecule has 1 aromatic carbocycles. The van der Waals surface area contributed by atoms with Crippen molar-refractivity contribution in [2.45, 2.75) is 20.0 Å². The standard InChI is InChI=1S/C13H12BrClN2O/c1-2-11-12(15)16-8-17-13(11)18-7-9-4-3-5-10(14)6-9/h3-6,8H,2,7H2,1H3. The van der Waals surface area contributed by atoms with Gasteiger partial charge in [0.05, 0.1) is 5.56 Å². The van der Waals surface area contributed by atoms with Crippen LogP contribution in [0.3, 0.4) is 0 Å². The van der Waals surface area contributed by atoms with Crippen LogP contribution in [0.15, 0.2) is 35.1 Å². The largest absolute Gasteiger partial charge is 0.472 e. The fourth-order valence-electron chi connectivity index (χ4n) is 1.58. The zero-order valence-corrected chi connectivity index (χ0v) is 12.2. The van der Waals surface area contributed by atoms with Crippen LogP contribution in [0.4, 0.5) is 0 Å². The SMILES string of the molecule is CCc1c(Cl)ncnc1OCc1cccc(Br)c1. The minimum Gasteiger partial charge on any atom is -0.472 e. The number of ether oxygens (including phenoxy) is 1. The lowest BCUT2D eigenvalue weighted by Gasteiger charge is -2.09. The molecule has 0 amide bonds. The maximum Gasteiger partial charge on any atom is 0.221 e. The molecular weight excluding hydrogens is 316 g/mol. The van der Waals surface area contributed by atoms with Crippen molar-refractivity contribution in [2.75, 3.05) is 0 Å². The van der Waals surface area contributed by atoms with Crippen molar-refractivity contribution < 1.29 is 4.74 Å². The highest BCUT2D eigenvalue weighted by atomic mass is 79.9. The van der Waals surface area contributed by atoms with E-state index in [-0.39, 0.29) is 0 Å². The number of aromatic nitrogens is 2. The van der Waals surface area contributed by atoms with Crippen molar-refractivity contribution in [3.8, 4) is 5.88 Å². The summed E-state index contributed by atoms with van der Waals surface area (Å²) in [5.41, 5.74) is 1.91. The summed E-state index contributed by atoms with van der Waals surface area (Å²) >= 11 is 9.42. The third kappa shape index (κ3) is 3.21. The molecule has 0 aliphatic carbocycles. The summed E-state index contributed by atoms with van der Waals surface area (Å²) < 4.78 is 6.72. The summed E-state index contributed by atoms with van der Waals surface area (Å²) in [6.07, 6.45) is 2.16. The summed E-state index contributed by atoms with van der Waals surface area (Å²) in [6, 6.07) is 7.95. The fourth-order valence-corrected chi connectivity index (χ4v) is 2.28. The van der Waals surface area contributed by atoms with E-state index in [9.17, 15) is 0 Å². The highest BCUT2D eigenvalue weighted by Crippen LogP contribution is 2.23. The predicted molar refractivity (Wildman–Crippen MR) is 74.9 cm³/mol. The highest BCUT2D eigenvalue weighted by molar-refractivity contribution is 9.10. The molecule has 18 heavy (non-hydrogen) atoms. The Bertz CT molecular complexity index is 548. The highest BCUT2D eigenvalue weighted by Gasteiger charge is 2.09. The molecule has 3 nitrogen and oxygen atoms in total. The number of nitrogens with zero attached hydrogens (tertiary/aromatic N) is 2. The van der Waals surface area contributed by atoms with Crippen LogP contribution in [0.25, 0.3) is 0 Å². The first-order valence-corrected chi connectivity index (χ1v) is 6.74. The molecule has 0 atom stereocenters. The molecule has 1 aromatic heterocycles. The van der Waals surface area contributed by atoms with Crippen molar-refractivity contribution in [1.82, 2.24) is 9.97 Å². The first-order chi connectivity index (χ1) is 8.70. The smallest absolute Gasteiger partial charge is 0.221 e. The zero-order chi connectivity index (χ0) is 13.0. The molecule has 0 unspecified atom stereocenters. The molecular formula is C13H12BrClN2O. The molecule has 5 heteroatoms. The molecule has 0 fully saturated rings. The fraction of sp³-hybridized carbons (Fsp3) is 0.231. The van der Waals surface area contributed by atoms with Crippen molar-refractivity contribution >= 4 is 27.5 Å². The summed E-state index contributed by atoms with van der Waals surface area (Å²) in [7, 11) is 0. The second-order valence-electron chi connectivity index (χ2n) is 3.72. The Kier molecular flexibility index (Phi) is 4.55. The monoisotopic (exact) mass is 326 g/mol. The Balaban J connectivity index is 2.13. The Morgan fingerprint density at radius 2 is 2.17 bits per heavy atom. The van der Waals surface area contributed by atoms with Crippen molar-refractivity contribution in [3.05, 3.63) is 51.3 Å². The zero-order valence-electron chi connectivity index (χ0n) is 9.86. The van der Waals surface area contributed by atoms with E-state index in [1.165, 1.54) is 6.33 Å². The Morgan fingerprint density at radius 1 is 1.33 bits per heavy atom. The number of benzene rings is 1. The van der Waals surface area contributed by atoms with Gasteiger partial charge < -0.3 is 4.74 Å². The van der Waals surface area contributed by atoms with Crippen LogP contribution in [-0.2, 0) is 13.0 Å². The molecule has 0 radical (unpaired) electrons. The van der Waals surface area contributed by atoms with Gasteiger partial charge in [-0.1, -0.05) is 46.6 Å². The van der Waals surface area contributed by atoms with Crippen LogP contribution in [0, 0.1) is 0 Å². The van der Waals surface area contributed by atoms with Gasteiger partial charge in [0.2, 0.25) is 5.88 Å². The third-order valence-electron chi connectivity index (χ3n) is 2.47. The van der Waals surface area contributed by atoms with E-state index in [2.05, 4.69) is 25.9 Å². The summed E-state index contributed by atoms with van der Waals surface area (Å²) in [4.78, 5) is 8.06. The summed E-state index contributed by atoms with van der Waals surface area (Å²) in [5.74, 6) is 0.553. The second kappa shape index (κ2) is 6.16. The molecule has 2 rings (SSSR count). The molecule has 2 aromatic rings. The van der Waals surface area contributed by atoms with Crippen LogP contribution >= 0.6 is 27.5 Å². The molecule has 0 saturated heterocycles.